The Balaban J connectivity index is 1.40. The number of fused-ring (bicyclic) bond motifs is 1. The number of aromatic nitrogens is 2. The van der Waals surface area contributed by atoms with E-state index in [1.54, 1.807) is 17.7 Å². The van der Waals surface area contributed by atoms with E-state index in [2.05, 4.69) is 32.4 Å². The van der Waals surface area contributed by atoms with Crippen LogP contribution >= 0.6 is 11.3 Å². The molecule has 1 aliphatic heterocycles. The predicted molar refractivity (Wildman–Crippen MR) is 91.6 cm³/mol. The minimum Gasteiger partial charge on any atom is -0.345 e. The molecule has 5 nitrogen and oxygen atoms in total. The standard InChI is InChI=1S/C17H18N4OS/c22-17(13-3-4-15-16(10-13)19-12-18-15)21-7-5-20(6-8-21)11-14-2-1-9-23-14/h1-4,9-10,12H,5-8,11H2,(H,18,19). The summed E-state index contributed by atoms with van der Waals surface area (Å²) >= 11 is 1.79. The van der Waals surface area contributed by atoms with Crippen LogP contribution < -0.4 is 0 Å². The summed E-state index contributed by atoms with van der Waals surface area (Å²) in [4.78, 5) is 25.7. The van der Waals surface area contributed by atoms with Gasteiger partial charge in [-0.2, -0.15) is 0 Å². The lowest BCUT2D eigenvalue weighted by molar-refractivity contribution is 0.0630. The summed E-state index contributed by atoms with van der Waals surface area (Å²) in [7, 11) is 0. The lowest BCUT2D eigenvalue weighted by Crippen LogP contribution is -2.48. The zero-order valence-corrected chi connectivity index (χ0v) is 13.6. The first kappa shape index (κ1) is 14.4. The van der Waals surface area contributed by atoms with E-state index >= 15 is 0 Å². The summed E-state index contributed by atoms with van der Waals surface area (Å²) in [5.74, 6) is 0.109. The number of benzene rings is 1. The number of hydrogen-bond acceptors (Lipinski definition) is 4. The van der Waals surface area contributed by atoms with Gasteiger partial charge in [0.1, 0.15) is 0 Å². The molecule has 0 bridgehead atoms. The highest BCUT2D eigenvalue weighted by molar-refractivity contribution is 7.09. The second-order valence-corrected chi connectivity index (χ2v) is 6.81. The third-order valence-electron chi connectivity index (χ3n) is 4.29. The van der Waals surface area contributed by atoms with Crippen molar-refractivity contribution >= 4 is 28.3 Å². The van der Waals surface area contributed by atoms with Crippen LogP contribution in [0.3, 0.4) is 0 Å². The smallest absolute Gasteiger partial charge is 0.254 e. The number of amides is 1. The first-order chi connectivity index (χ1) is 11.3. The number of rotatable bonds is 3. The lowest BCUT2D eigenvalue weighted by atomic mass is 10.1. The maximum absolute atomic E-state index is 12.7. The van der Waals surface area contributed by atoms with E-state index < -0.39 is 0 Å². The summed E-state index contributed by atoms with van der Waals surface area (Å²) in [6.45, 7) is 4.40. The predicted octanol–water partition coefficient (Wildman–Crippen LogP) is 2.58. The highest BCUT2D eigenvalue weighted by Gasteiger charge is 2.22. The number of nitrogens with one attached hydrogen (secondary N) is 1. The van der Waals surface area contributed by atoms with Gasteiger partial charge in [-0.3, -0.25) is 9.69 Å². The third kappa shape index (κ3) is 3.00. The molecule has 1 amide bonds. The molecule has 1 fully saturated rings. The molecule has 23 heavy (non-hydrogen) atoms. The molecule has 1 N–H and O–H groups in total. The Hall–Kier alpha value is -2.18. The van der Waals surface area contributed by atoms with Gasteiger partial charge in [-0.25, -0.2) is 4.98 Å². The van der Waals surface area contributed by atoms with Crippen molar-refractivity contribution < 1.29 is 4.79 Å². The van der Waals surface area contributed by atoms with Gasteiger partial charge < -0.3 is 9.88 Å². The highest BCUT2D eigenvalue weighted by Crippen LogP contribution is 2.17. The monoisotopic (exact) mass is 326 g/mol. The minimum absolute atomic E-state index is 0.109. The Labute approximate surface area is 138 Å². The molecule has 1 saturated heterocycles. The molecule has 1 aromatic carbocycles. The molecule has 4 rings (SSSR count). The van der Waals surface area contributed by atoms with Crippen molar-refractivity contribution in [2.75, 3.05) is 26.2 Å². The van der Waals surface area contributed by atoms with Gasteiger partial charge in [0.25, 0.3) is 5.91 Å². The number of imidazole rings is 1. The second kappa shape index (κ2) is 6.14. The van der Waals surface area contributed by atoms with Crippen molar-refractivity contribution in [1.29, 1.82) is 0 Å². The van der Waals surface area contributed by atoms with Crippen LogP contribution in [0.25, 0.3) is 11.0 Å². The van der Waals surface area contributed by atoms with Gasteiger partial charge in [-0.1, -0.05) is 6.07 Å². The second-order valence-electron chi connectivity index (χ2n) is 5.78. The van der Waals surface area contributed by atoms with Gasteiger partial charge in [-0.15, -0.1) is 11.3 Å². The number of H-pyrrole nitrogens is 1. The van der Waals surface area contributed by atoms with E-state index in [1.165, 1.54) is 4.88 Å². The SMILES string of the molecule is O=C(c1ccc2nc[nH]c2c1)N1CCN(Cc2cccs2)CC1. The maximum atomic E-state index is 12.7. The van der Waals surface area contributed by atoms with Gasteiger partial charge in [0.05, 0.1) is 17.4 Å². The summed E-state index contributed by atoms with van der Waals surface area (Å²) in [6.07, 6.45) is 1.66. The average molecular weight is 326 g/mol. The minimum atomic E-state index is 0.109. The topological polar surface area (TPSA) is 52.2 Å². The van der Waals surface area contributed by atoms with Crippen LogP contribution in [0.2, 0.25) is 0 Å². The van der Waals surface area contributed by atoms with Gasteiger partial charge in [0, 0.05) is 43.2 Å². The van der Waals surface area contributed by atoms with E-state index in [0.29, 0.717) is 0 Å². The van der Waals surface area contributed by atoms with Crippen molar-refractivity contribution in [3.63, 3.8) is 0 Å². The van der Waals surface area contributed by atoms with E-state index in [9.17, 15) is 4.79 Å². The summed E-state index contributed by atoms with van der Waals surface area (Å²) in [6, 6.07) is 9.91. The quantitative estimate of drug-likeness (QED) is 0.805. The normalized spacial score (nSPS) is 16.1. The van der Waals surface area contributed by atoms with Crippen molar-refractivity contribution in [3.05, 3.63) is 52.5 Å². The van der Waals surface area contributed by atoms with Crippen molar-refractivity contribution in [2.24, 2.45) is 0 Å². The summed E-state index contributed by atoms with van der Waals surface area (Å²) < 4.78 is 0. The average Bonchev–Trinajstić information content (AvgIpc) is 3.25. The molecular weight excluding hydrogens is 308 g/mol. The van der Waals surface area contributed by atoms with E-state index in [1.807, 2.05) is 23.1 Å². The van der Waals surface area contributed by atoms with Crippen molar-refractivity contribution in [2.45, 2.75) is 6.54 Å². The molecule has 118 valence electrons. The van der Waals surface area contributed by atoms with Crippen molar-refractivity contribution in [3.8, 4) is 0 Å². The molecule has 0 unspecified atom stereocenters. The Morgan fingerprint density at radius 2 is 2.09 bits per heavy atom. The van der Waals surface area contributed by atoms with E-state index in [-0.39, 0.29) is 5.91 Å². The van der Waals surface area contributed by atoms with Gasteiger partial charge in [-0.05, 0) is 29.6 Å². The van der Waals surface area contributed by atoms with Crippen LogP contribution in [0.5, 0.6) is 0 Å². The van der Waals surface area contributed by atoms with Crippen LogP contribution in [0.4, 0.5) is 0 Å². The largest absolute Gasteiger partial charge is 0.345 e. The fourth-order valence-corrected chi connectivity index (χ4v) is 3.73. The van der Waals surface area contributed by atoms with Crippen LogP contribution in [0, 0.1) is 0 Å². The molecule has 1 aliphatic rings. The Bertz CT molecular complexity index is 803. The fourth-order valence-electron chi connectivity index (χ4n) is 2.98. The maximum Gasteiger partial charge on any atom is 0.254 e. The first-order valence-corrected chi connectivity index (χ1v) is 8.65. The molecule has 3 aromatic rings. The summed E-state index contributed by atoms with van der Waals surface area (Å²) in [5.41, 5.74) is 2.53. The Morgan fingerprint density at radius 1 is 1.22 bits per heavy atom. The Kier molecular flexibility index (Phi) is 3.85. The molecular formula is C17H18N4OS. The highest BCUT2D eigenvalue weighted by atomic mass is 32.1. The van der Waals surface area contributed by atoms with Gasteiger partial charge in [0.15, 0.2) is 0 Å². The molecule has 0 radical (unpaired) electrons. The molecule has 0 spiro atoms. The van der Waals surface area contributed by atoms with Crippen LogP contribution in [-0.2, 0) is 6.54 Å². The molecule has 0 aliphatic carbocycles. The van der Waals surface area contributed by atoms with E-state index in [0.717, 1.165) is 49.3 Å². The lowest BCUT2D eigenvalue weighted by Gasteiger charge is -2.34. The van der Waals surface area contributed by atoms with Gasteiger partial charge in [0.2, 0.25) is 0 Å². The van der Waals surface area contributed by atoms with Crippen LogP contribution in [-0.4, -0.2) is 51.9 Å². The number of aromatic amines is 1. The molecule has 6 heteroatoms. The number of piperazine rings is 1. The third-order valence-corrected chi connectivity index (χ3v) is 5.15. The molecule has 2 aromatic heterocycles. The zero-order chi connectivity index (χ0) is 15.6. The number of carbonyl (C=O) groups excluding carboxylic acids is 1. The first-order valence-electron chi connectivity index (χ1n) is 7.77. The van der Waals surface area contributed by atoms with Crippen LogP contribution in [0.1, 0.15) is 15.2 Å². The van der Waals surface area contributed by atoms with Gasteiger partial charge >= 0.3 is 0 Å². The Morgan fingerprint density at radius 3 is 2.87 bits per heavy atom. The fraction of sp³-hybridized carbons (Fsp3) is 0.294. The van der Waals surface area contributed by atoms with E-state index in [4.69, 9.17) is 0 Å². The zero-order valence-electron chi connectivity index (χ0n) is 12.7. The molecule has 0 saturated carbocycles. The number of nitrogens with zero attached hydrogens (tertiary/aromatic N) is 3. The molecule has 0 atom stereocenters. The number of hydrogen-bond donors (Lipinski definition) is 1. The number of thiophene rings is 1. The number of carbonyl (C=O) groups is 1. The van der Waals surface area contributed by atoms with Crippen LogP contribution in [0.15, 0.2) is 42.0 Å². The molecule has 3 heterocycles. The summed E-state index contributed by atoms with van der Waals surface area (Å²) in [5, 5.41) is 2.11. The van der Waals surface area contributed by atoms with Crippen molar-refractivity contribution in [1.82, 2.24) is 19.8 Å².